The Kier molecular flexibility index (Phi) is 4.36. The molecular formula is C24H18N4O3. The molecule has 0 atom stereocenters. The molecule has 0 aliphatic carbocycles. The van der Waals surface area contributed by atoms with Gasteiger partial charge < -0.3 is 5.32 Å². The third-order valence-electron chi connectivity index (χ3n) is 5.30. The molecule has 5 rings (SSSR count). The van der Waals surface area contributed by atoms with Gasteiger partial charge in [0.1, 0.15) is 12.4 Å². The van der Waals surface area contributed by atoms with Crippen LogP contribution in [-0.2, 0) is 4.79 Å². The number of carbonyl (C=O) groups is 3. The van der Waals surface area contributed by atoms with Crippen LogP contribution < -0.4 is 5.32 Å². The number of rotatable bonds is 4. The van der Waals surface area contributed by atoms with Gasteiger partial charge in [-0.25, -0.2) is 4.98 Å². The smallest absolute Gasteiger partial charge is 0.262 e. The Morgan fingerprint density at radius 3 is 2.23 bits per heavy atom. The largest absolute Gasteiger partial charge is 0.324 e. The van der Waals surface area contributed by atoms with E-state index in [1.54, 1.807) is 36.4 Å². The van der Waals surface area contributed by atoms with Crippen LogP contribution in [0.5, 0.6) is 0 Å². The predicted octanol–water partition coefficient (Wildman–Crippen LogP) is 3.57. The molecule has 0 spiro atoms. The van der Waals surface area contributed by atoms with Gasteiger partial charge in [-0.1, -0.05) is 30.3 Å². The van der Waals surface area contributed by atoms with Crippen LogP contribution in [0, 0.1) is 6.92 Å². The first kappa shape index (κ1) is 18.7. The summed E-state index contributed by atoms with van der Waals surface area (Å²) in [5, 5.41) is 2.76. The molecule has 1 aliphatic heterocycles. The molecule has 3 amide bonds. The molecule has 1 aromatic heterocycles. The fourth-order valence-corrected chi connectivity index (χ4v) is 3.91. The summed E-state index contributed by atoms with van der Waals surface area (Å²) in [6, 6.07) is 21.9. The zero-order valence-electron chi connectivity index (χ0n) is 16.7. The molecule has 0 bridgehead atoms. The van der Waals surface area contributed by atoms with Crippen molar-refractivity contribution in [1.82, 2.24) is 14.5 Å². The number of aromatic nitrogens is 2. The topological polar surface area (TPSA) is 84.3 Å². The van der Waals surface area contributed by atoms with Gasteiger partial charge in [-0.3, -0.25) is 23.9 Å². The number of nitrogens with one attached hydrogen (secondary N) is 1. The molecule has 2 heterocycles. The number of para-hydroxylation sites is 1. The van der Waals surface area contributed by atoms with E-state index in [0.717, 1.165) is 27.4 Å². The number of fused-ring (bicyclic) bond motifs is 2. The summed E-state index contributed by atoms with van der Waals surface area (Å²) in [7, 11) is 0. The Labute approximate surface area is 177 Å². The second kappa shape index (κ2) is 7.21. The third kappa shape index (κ3) is 3.16. The van der Waals surface area contributed by atoms with E-state index in [0.29, 0.717) is 16.8 Å². The van der Waals surface area contributed by atoms with Gasteiger partial charge in [0.05, 0.1) is 22.2 Å². The Morgan fingerprint density at radius 1 is 0.903 bits per heavy atom. The lowest BCUT2D eigenvalue weighted by Gasteiger charge is -2.13. The van der Waals surface area contributed by atoms with Crippen molar-refractivity contribution in [3.63, 3.8) is 0 Å². The van der Waals surface area contributed by atoms with Crippen molar-refractivity contribution in [3.05, 3.63) is 89.7 Å². The summed E-state index contributed by atoms with van der Waals surface area (Å²) < 4.78 is 2.04. The van der Waals surface area contributed by atoms with E-state index < -0.39 is 17.7 Å². The van der Waals surface area contributed by atoms with Gasteiger partial charge in [0.15, 0.2) is 0 Å². The highest BCUT2D eigenvalue weighted by Crippen LogP contribution is 2.25. The van der Waals surface area contributed by atoms with Crippen molar-refractivity contribution in [3.8, 4) is 5.69 Å². The maximum Gasteiger partial charge on any atom is 0.262 e. The van der Waals surface area contributed by atoms with E-state index >= 15 is 0 Å². The zero-order valence-corrected chi connectivity index (χ0v) is 16.7. The van der Waals surface area contributed by atoms with E-state index in [1.165, 1.54) is 0 Å². The van der Waals surface area contributed by atoms with E-state index in [1.807, 2.05) is 47.9 Å². The Morgan fingerprint density at radius 2 is 1.55 bits per heavy atom. The van der Waals surface area contributed by atoms with Crippen molar-refractivity contribution < 1.29 is 14.4 Å². The average molecular weight is 410 g/mol. The normalized spacial score (nSPS) is 13.0. The molecule has 1 aliphatic rings. The molecule has 152 valence electrons. The number of anilines is 1. The molecule has 7 nitrogen and oxygen atoms in total. The highest BCUT2D eigenvalue weighted by molar-refractivity contribution is 6.22. The summed E-state index contributed by atoms with van der Waals surface area (Å²) in [5.74, 6) is -0.532. The number of hydrogen-bond acceptors (Lipinski definition) is 4. The number of hydrogen-bond donors (Lipinski definition) is 1. The second-order valence-electron chi connectivity index (χ2n) is 7.32. The SMILES string of the molecule is Cc1nc2cc(NC(=O)CN3C(=O)c4ccccc4C3=O)ccc2n1-c1ccccc1. The van der Waals surface area contributed by atoms with Crippen LogP contribution in [0.3, 0.4) is 0 Å². The van der Waals surface area contributed by atoms with Crippen molar-refractivity contribution >= 4 is 34.4 Å². The number of imidazole rings is 1. The Hall–Kier alpha value is -4.26. The van der Waals surface area contributed by atoms with Gasteiger partial charge in [0.25, 0.3) is 11.8 Å². The maximum atomic E-state index is 12.6. The molecule has 31 heavy (non-hydrogen) atoms. The van der Waals surface area contributed by atoms with Crippen molar-refractivity contribution in [2.45, 2.75) is 6.92 Å². The van der Waals surface area contributed by atoms with Gasteiger partial charge >= 0.3 is 0 Å². The molecule has 0 fully saturated rings. The first-order chi connectivity index (χ1) is 15.0. The van der Waals surface area contributed by atoms with Gasteiger partial charge in [-0.2, -0.15) is 0 Å². The zero-order chi connectivity index (χ0) is 21.5. The standard InChI is InChI=1S/C24H18N4O3/c1-15-25-20-13-16(11-12-21(20)28(15)17-7-3-2-4-8-17)26-22(29)14-27-23(30)18-9-5-6-10-19(18)24(27)31/h2-13H,14H2,1H3,(H,26,29). The second-order valence-corrected chi connectivity index (χ2v) is 7.32. The van der Waals surface area contributed by atoms with E-state index in [4.69, 9.17) is 0 Å². The molecular weight excluding hydrogens is 392 g/mol. The van der Waals surface area contributed by atoms with Crippen molar-refractivity contribution in [2.24, 2.45) is 0 Å². The number of amides is 3. The monoisotopic (exact) mass is 410 g/mol. The van der Waals surface area contributed by atoms with Crippen LogP contribution >= 0.6 is 0 Å². The molecule has 0 radical (unpaired) electrons. The Bertz CT molecular complexity index is 1320. The number of aryl methyl sites for hydroxylation is 1. The fraction of sp³-hybridized carbons (Fsp3) is 0.0833. The highest BCUT2D eigenvalue weighted by Gasteiger charge is 2.36. The van der Waals surface area contributed by atoms with E-state index in [-0.39, 0.29) is 6.54 Å². The van der Waals surface area contributed by atoms with Crippen LogP contribution in [0.15, 0.2) is 72.8 Å². The molecule has 0 unspecified atom stereocenters. The minimum atomic E-state index is -0.455. The lowest BCUT2D eigenvalue weighted by molar-refractivity contribution is -0.116. The summed E-state index contributed by atoms with van der Waals surface area (Å²) in [6.07, 6.45) is 0. The van der Waals surface area contributed by atoms with Crippen molar-refractivity contribution in [1.29, 1.82) is 0 Å². The lowest BCUT2D eigenvalue weighted by atomic mass is 10.1. The Balaban J connectivity index is 1.36. The number of carbonyl (C=O) groups excluding carboxylic acids is 3. The fourth-order valence-electron chi connectivity index (χ4n) is 3.91. The number of imide groups is 1. The molecule has 0 saturated carbocycles. The van der Waals surface area contributed by atoms with Gasteiger partial charge in [0.2, 0.25) is 5.91 Å². The van der Waals surface area contributed by atoms with Crippen LogP contribution in [0.2, 0.25) is 0 Å². The average Bonchev–Trinajstić information content (AvgIpc) is 3.23. The quantitative estimate of drug-likeness (QED) is 0.522. The highest BCUT2D eigenvalue weighted by atomic mass is 16.2. The first-order valence-corrected chi connectivity index (χ1v) is 9.82. The summed E-state index contributed by atoms with van der Waals surface area (Å²) >= 11 is 0. The molecule has 3 aromatic carbocycles. The van der Waals surface area contributed by atoms with Crippen LogP contribution in [0.1, 0.15) is 26.5 Å². The van der Waals surface area contributed by atoms with Crippen molar-refractivity contribution in [2.75, 3.05) is 11.9 Å². The third-order valence-corrected chi connectivity index (χ3v) is 5.30. The van der Waals surface area contributed by atoms with E-state index in [2.05, 4.69) is 10.3 Å². The minimum Gasteiger partial charge on any atom is -0.324 e. The molecule has 1 N–H and O–H groups in total. The number of benzene rings is 3. The van der Waals surface area contributed by atoms with Gasteiger partial charge in [0, 0.05) is 11.4 Å². The maximum absolute atomic E-state index is 12.6. The summed E-state index contributed by atoms with van der Waals surface area (Å²) in [6.45, 7) is 1.58. The summed E-state index contributed by atoms with van der Waals surface area (Å²) in [4.78, 5) is 43.0. The van der Waals surface area contributed by atoms with Gasteiger partial charge in [-0.05, 0) is 49.4 Å². The summed E-state index contributed by atoms with van der Waals surface area (Å²) in [5.41, 5.74) is 3.85. The van der Waals surface area contributed by atoms with Gasteiger partial charge in [-0.15, -0.1) is 0 Å². The molecule has 0 saturated heterocycles. The molecule has 7 heteroatoms. The lowest BCUT2D eigenvalue weighted by Crippen LogP contribution is -2.37. The van der Waals surface area contributed by atoms with Crippen LogP contribution in [0.4, 0.5) is 5.69 Å². The van der Waals surface area contributed by atoms with Crippen LogP contribution in [0.25, 0.3) is 16.7 Å². The first-order valence-electron chi connectivity index (χ1n) is 9.82. The van der Waals surface area contributed by atoms with E-state index in [9.17, 15) is 14.4 Å². The molecule has 4 aromatic rings. The predicted molar refractivity (Wildman–Crippen MR) is 116 cm³/mol. The van der Waals surface area contributed by atoms with Crippen LogP contribution in [-0.4, -0.2) is 38.7 Å². The minimum absolute atomic E-state index is 0.323. The number of nitrogens with zero attached hydrogens (tertiary/aromatic N) is 3.